The maximum absolute atomic E-state index is 13.1. The first-order chi connectivity index (χ1) is 12.4. The summed E-state index contributed by atoms with van der Waals surface area (Å²) in [6, 6.07) is 3.97. The van der Waals surface area contributed by atoms with E-state index in [9.17, 15) is 30.8 Å². The number of sulfonamides is 1. The van der Waals surface area contributed by atoms with Gasteiger partial charge in [0.25, 0.3) is 10.0 Å². The SMILES string of the molecule is CC(C(=O)Cl)N(c1cc(C(F)(F)F)ccc1Cl)S(=O)(=O)c1ccc(F)cc1. The van der Waals surface area contributed by atoms with Gasteiger partial charge in [-0.15, -0.1) is 0 Å². The number of anilines is 1. The van der Waals surface area contributed by atoms with Gasteiger partial charge < -0.3 is 0 Å². The van der Waals surface area contributed by atoms with Crippen LogP contribution in [0.4, 0.5) is 23.2 Å². The molecule has 2 rings (SSSR count). The van der Waals surface area contributed by atoms with Crippen LogP contribution in [0, 0.1) is 5.82 Å². The van der Waals surface area contributed by atoms with Crippen LogP contribution in [0.1, 0.15) is 12.5 Å². The average Bonchev–Trinajstić information content (AvgIpc) is 2.55. The van der Waals surface area contributed by atoms with Crippen LogP contribution in [-0.2, 0) is 21.0 Å². The molecule has 0 aromatic heterocycles. The molecule has 1 unspecified atom stereocenters. The van der Waals surface area contributed by atoms with Crippen molar-refractivity contribution in [1.29, 1.82) is 0 Å². The van der Waals surface area contributed by atoms with Crippen LogP contribution in [0.3, 0.4) is 0 Å². The Hall–Kier alpha value is -1.84. The summed E-state index contributed by atoms with van der Waals surface area (Å²) in [6.45, 7) is 1.09. The number of carbonyl (C=O) groups is 1. The molecular weight excluding hydrogens is 433 g/mol. The zero-order chi connectivity index (χ0) is 20.6. The van der Waals surface area contributed by atoms with E-state index in [0.29, 0.717) is 16.4 Å². The normalized spacial score (nSPS) is 13.3. The largest absolute Gasteiger partial charge is 0.416 e. The van der Waals surface area contributed by atoms with Gasteiger partial charge in [0, 0.05) is 0 Å². The third kappa shape index (κ3) is 4.53. The van der Waals surface area contributed by atoms with Crippen molar-refractivity contribution < 1.29 is 30.8 Å². The number of benzene rings is 2. The maximum atomic E-state index is 13.1. The first kappa shape index (κ1) is 21.5. The molecule has 0 amide bonds. The fourth-order valence-electron chi connectivity index (χ4n) is 2.22. The molecule has 0 bridgehead atoms. The monoisotopic (exact) mass is 443 g/mol. The van der Waals surface area contributed by atoms with Crippen molar-refractivity contribution in [3.8, 4) is 0 Å². The molecule has 0 radical (unpaired) electrons. The summed E-state index contributed by atoms with van der Waals surface area (Å²) in [5.41, 5.74) is -1.76. The fourth-order valence-corrected chi connectivity index (χ4v) is 4.26. The Morgan fingerprint density at radius 1 is 1.11 bits per heavy atom. The number of carbonyl (C=O) groups excluding carboxylic acids is 1. The van der Waals surface area contributed by atoms with E-state index in [2.05, 4.69) is 0 Å². The summed E-state index contributed by atoms with van der Waals surface area (Å²) >= 11 is 11.3. The van der Waals surface area contributed by atoms with Crippen LogP contribution in [0.15, 0.2) is 47.4 Å². The predicted octanol–water partition coefficient (Wildman–Crippen LogP) is 4.85. The van der Waals surface area contributed by atoms with Crippen LogP contribution >= 0.6 is 23.2 Å². The third-order valence-corrected chi connectivity index (χ3v) is 6.10. The van der Waals surface area contributed by atoms with Crippen molar-refractivity contribution in [2.75, 3.05) is 4.31 Å². The molecule has 0 saturated heterocycles. The van der Waals surface area contributed by atoms with Gasteiger partial charge in [0.05, 0.1) is 21.2 Å². The second kappa shape index (κ2) is 7.65. The van der Waals surface area contributed by atoms with E-state index in [1.54, 1.807) is 0 Å². The Labute approximate surface area is 162 Å². The molecule has 0 fully saturated rings. The molecule has 0 aliphatic heterocycles. The first-order valence-corrected chi connectivity index (χ1v) is 9.41. The van der Waals surface area contributed by atoms with Crippen molar-refractivity contribution in [2.24, 2.45) is 0 Å². The lowest BCUT2D eigenvalue weighted by atomic mass is 10.2. The van der Waals surface area contributed by atoms with Gasteiger partial charge in [-0.25, -0.2) is 12.8 Å². The molecule has 11 heteroatoms. The number of hydrogen-bond acceptors (Lipinski definition) is 3. The second-order valence-corrected chi connectivity index (χ2v) is 7.99. The molecule has 146 valence electrons. The number of rotatable bonds is 5. The Balaban J connectivity index is 2.73. The Kier molecular flexibility index (Phi) is 6.08. The van der Waals surface area contributed by atoms with Gasteiger partial charge in [-0.2, -0.15) is 13.2 Å². The van der Waals surface area contributed by atoms with Crippen LogP contribution in [0.5, 0.6) is 0 Å². The highest BCUT2D eigenvalue weighted by atomic mass is 35.5. The van der Waals surface area contributed by atoms with Crippen molar-refractivity contribution in [3.63, 3.8) is 0 Å². The highest BCUT2D eigenvalue weighted by Gasteiger charge is 2.37. The van der Waals surface area contributed by atoms with E-state index < -0.39 is 49.4 Å². The molecule has 1 atom stereocenters. The Bertz CT molecular complexity index is 963. The minimum absolute atomic E-state index is 0.349. The number of halogens is 6. The molecule has 0 aliphatic rings. The Morgan fingerprint density at radius 3 is 2.15 bits per heavy atom. The van der Waals surface area contributed by atoms with E-state index in [1.807, 2.05) is 0 Å². The first-order valence-electron chi connectivity index (χ1n) is 7.22. The molecule has 0 saturated carbocycles. The van der Waals surface area contributed by atoms with Crippen LogP contribution in [0.25, 0.3) is 0 Å². The van der Waals surface area contributed by atoms with Gasteiger partial charge >= 0.3 is 6.18 Å². The average molecular weight is 444 g/mol. The lowest BCUT2D eigenvalue weighted by Gasteiger charge is -2.29. The van der Waals surface area contributed by atoms with Crippen molar-refractivity contribution in [1.82, 2.24) is 0 Å². The quantitative estimate of drug-likeness (QED) is 0.490. The molecule has 0 aliphatic carbocycles. The lowest BCUT2D eigenvalue weighted by molar-refractivity contribution is -0.137. The Morgan fingerprint density at radius 2 is 1.67 bits per heavy atom. The minimum Gasteiger partial charge on any atom is -0.279 e. The molecule has 2 aromatic rings. The third-order valence-electron chi connectivity index (χ3n) is 3.56. The molecular formula is C16H11Cl2F4NO3S. The van der Waals surface area contributed by atoms with Gasteiger partial charge in [-0.1, -0.05) is 11.6 Å². The molecule has 0 spiro atoms. The van der Waals surface area contributed by atoms with Gasteiger partial charge in [-0.05, 0) is 61.0 Å². The van der Waals surface area contributed by atoms with Crippen molar-refractivity contribution >= 4 is 44.2 Å². The lowest BCUT2D eigenvalue weighted by Crippen LogP contribution is -2.42. The molecule has 4 nitrogen and oxygen atoms in total. The van der Waals surface area contributed by atoms with E-state index in [4.69, 9.17) is 23.2 Å². The van der Waals surface area contributed by atoms with Crippen molar-refractivity contribution in [2.45, 2.75) is 24.0 Å². The predicted molar refractivity (Wildman–Crippen MR) is 92.8 cm³/mol. The molecule has 0 N–H and O–H groups in total. The number of nitrogens with zero attached hydrogens (tertiary/aromatic N) is 1. The number of hydrogen-bond donors (Lipinski definition) is 0. The standard InChI is InChI=1S/C16H11Cl2F4NO3S/c1-9(15(18)24)23(27(25,26)12-5-3-11(19)4-6-12)14-8-10(16(20,21)22)2-7-13(14)17/h2-9H,1H3. The summed E-state index contributed by atoms with van der Waals surface area (Å²) in [5, 5.41) is -1.49. The van der Waals surface area contributed by atoms with Crippen molar-refractivity contribution in [3.05, 3.63) is 58.9 Å². The summed E-state index contributed by atoms with van der Waals surface area (Å²) in [6.07, 6.45) is -4.78. The van der Waals surface area contributed by atoms with E-state index in [-0.39, 0.29) is 5.02 Å². The second-order valence-electron chi connectivity index (χ2n) is 5.40. The molecule has 2 aromatic carbocycles. The summed E-state index contributed by atoms with van der Waals surface area (Å²) in [7, 11) is -4.59. The topological polar surface area (TPSA) is 54.5 Å². The van der Waals surface area contributed by atoms with E-state index >= 15 is 0 Å². The summed E-state index contributed by atoms with van der Waals surface area (Å²) in [5.74, 6) is -0.723. The summed E-state index contributed by atoms with van der Waals surface area (Å²) < 4.78 is 78.5. The molecule has 0 heterocycles. The highest BCUT2D eigenvalue weighted by molar-refractivity contribution is 7.93. The van der Waals surface area contributed by atoms with E-state index in [0.717, 1.165) is 37.3 Å². The van der Waals surface area contributed by atoms with Gasteiger partial charge in [0.1, 0.15) is 11.9 Å². The van der Waals surface area contributed by atoms with Gasteiger partial charge in [-0.3, -0.25) is 9.10 Å². The van der Waals surface area contributed by atoms with Crippen LogP contribution in [-0.4, -0.2) is 19.7 Å². The number of alkyl halides is 3. The molecule has 27 heavy (non-hydrogen) atoms. The summed E-state index contributed by atoms with van der Waals surface area (Å²) in [4.78, 5) is 11.2. The zero-order valence-corrected chi connectivity index (χ0v) is 15.8. The van der Waals surface area contributed by atoms with E-state index in [1.165, 1.54) is 0 Å². The smallest absolute Gasteiger partial charge is 0.279 e. The van der Waals surface area contributed by atoms with Gasteiger partial charge in [0.2, 0.25) is 5.24 Å². The minimum atomic E-state index is -4.78. The van der Waals surface area contributed by atoms with Gasteiger partial charge in [0.15, 0.2) is 0 Å². The zero-order valence-electron chi connectivity index (χ0n) is 13.5. The maximum Gasteiger partial charge on any atom is 0.416 e. The fraction of sp³-hybridized carbons (Fsp3) is 0.188. The van der Waals surface area contributed by atoms with Crippen LogP contribution < -0.4 is 4.31 Å². The highest BCUT2D eigenvalue weighted by Crippen LogP contribution is 2.38. The van der Waals surface area contributed by atoms with Crippen LogP contribution in [0.2, 0.25) is 5.02 Å².